The molecule has 2 amide bonds. The molecule has 2 aromatic carbocycles. The van der Waals surface area contributed by atoms with Crippen molar-refractivity contribution in [3.05, 3.63) is 64.1 Å². The fourth-order valence-electron chi connectivity index (χ4n) is 1.70. The molecule has 0 radical (unpaired) electrons. The molecule has 0 aliphatic rings. The van der Waals surface area contributed by atoms with E-state index in [2.05, 4.69) is 26.5 Å². The van der Waals surface area contributed by atoms with Crippen LogP contribution in [-0.2, 0) is 4.79 Å². The lowest BCUT2D eigenvalue weighted by molar-refractivity contribution is -0.123. The zero-order chi connectivity index (χ0) is 16.7. The molecule has 6 nitrogen and oxygen atoms in total. The first-order chi connectivity index (χ1) is 11.1. The van der Waals surface area contributed by atoms with Crippen LogP contribution in [0.3, 0.4) is 0 Å². The Morgan fingerprint density at radius 1 is 1.17 bits per heavy atom. The minimum atomic E-state index is -0.616. The van der Waals surface area contributed by atoms with E-state index in [1.54, 1.807) is 18.2 Å². The van der Waals surface area contributed by atoms with Crippen molar-refractivity contribution in [3.8, 4) is 5.75 Å². The second kappa shape index (κ2) is 8.09. The lowest BCUT2D eigenvalue weighted by Crippen LogP contribution is -2.25. The number of halogens is 1. The number of rotatable bonds is 6. The fourth-order valence-corrected chi connectivity index (χ4v) is 1.96. The minimum Gasteiger partial charge on any atom is -0.483 e. The maximum atomic E-state index is 11.7. The van der Waals surface area contributed by atoms with Crippen LogP contribution in [0.5, 0.6) is 5.75 Å². The van der Waals surface area contributed by atoms with Gasteiger partial charge < -0.3 is 10.5 Å². The van der Waals surface area contributed by atoms with Crippen molar-refractivity contribution < 1.29 is 14.3 Å². The summed E-state index contributed by atoms with van der Waals surface area (Å²) in [5, 5.41) is 3.83. The van der Waals surface area contributed by atoms with E-state index < -0.39 is 11.8 Å². The third-order valence-electron chi connectivity index (χ3n) is 2.78. The van der Waals surface area contributed by atoms with Crippen molar-refractivity contribution in [2.75, 3.05) is 6.61 Å². The molecule has 0 unspecified atom stereocenters. The van der Waals surface area contributed by atoms with Gasteiger partial charge in [0.15, 0.2) is 6.61 Å². The smallest absolute Gasteiger partial charge is 0.277 e. The van der Waals surface area contributed by atoms with Crippen molar-refractivity contribution >= 4 is 34.0 Å². The van der Waals surface area contributed by atoms with Crippen LogP contribution in [0.4, 0.5) is 0 Å². The third kappa shape index (κ3) is 5.23. The predicted octanol–water partition coefficient (Wildman–Crippen LogP) is 2.08. The van der Waals surface area contributed by atoms with Crippen LogP contribution in [-0.4, -0.2) is 24.6 Å². The number of nitrogens with two attached hydrogens (primary N) is 1. The van der Waals surface area contributed by atoms with Crippen LogP contribution in [0, 0.1) is 0 Å². The first kappa shape index (κ1) is 16.7. The maximum Gasteiger partial charge on any atom is 0.277 e. The molecule has 0 atom stereocenters. The summed E-state index contributed by atoms with van der Waals surface area (Å²) >= 11 is 3.33. The molecule has 0 saturated heterocycles. The highest BCUT2D eigenvalue weighted by Gasteiger charge is 2.09. The molecule has 7 heteroatoms. The van der Waals surface area contributed by atoms with Gasteiger partial charge in [0.05, 0.1) is 11.8 Å². The van der Waals surface area contributed by atoms with Gasteiger partial charge in [-0.2, -0.15) is 5.10 Å². The highest BCUT2D eigenvalue weighted by molar-refractivity contribution is 9.10. The second-order valence-corrected chi connectivity index (χ2v) is 5.41. The normalized spacial score (nSPS) is 10.5. The number of primary amides is 1. The number of benzene rings is 2. The molecule has 0 bridgehead atoms. The molecular formula is C16H14BrN3O3. The number of para-hydroxylation sites is 1. The molecule has 0 saturated carbocycles. The van der Waals surface area contributed by atoms with Crippen molar-refractivity contribution in [2.24, 2.45) is 10.8 Å². The molecule has 0 spiro atoms. The summed E-state index contributed by atoms with van der Waals surface area (Å²) in [6.45, 7) is -0.276. The van der Waals surface area contributed by atoms with Crippen molar-refractivity contribution in [3.63, 3.8) is 0 Å². The summed E-state index contributed by atoms with van der Waals surface area (Å²) in [6.07, 6.45) is 1.52. The Balaban J connectivity index is 1.86. The van der Waals surface area contributed by atoms with E-state index in [0.717, 1.165) is 10.0 Å². The lowest BCUT2D eigenvalue weighted by atomic mass is 10.2. The molecular weight excluding hydrogens is 362 g/mol. The Kier molecular flexibility index (Phi) is 5.87. The molecule has 118 valence electrons. The highest BCUT2D eigenvalue weighted by Crippen LogP contribution is 2.16. The third-order valence-corrected chi connectivity index (χ3v) is 3.31. The van der Waals surface area contributed by atoms with Crippen LogP contribution in [0.2, 0.25) is 0 Å². The van der Waals surface area contributed by atoms with Gasteiger partial charge in [0.25, 0.3) is 11.8 Å². The average Bonchev–Trinajstić information content (AvgIpc) is 2.55. The summed E-state index contributed by atoms with van der Waals surface area (Å²) in [5.74, 6) is -0.807. The van der Waals surface area contributed by atoms with Crippen molar-refractivity contribution in [1.29, 1.82) is 0 Å². The van der Waals surface area contributed by atoms with Crippen LogP contribution in [0.15, 0.2) is 58.1 Å². The van der Waals surface area contributed by atoms with Crippen LogP contribution < -0.4 is 15.9 Å². The first-order valence-electron chi connectivity index (χ1n) is 6.65. The number of hydrogen-bond acceptors (Lipinski definition) is 4. The number of nitrogens with zero attached hydrogens (tertiary/aromatic N) is 1. The summed E-state index contributed by atoms with van der Waals surface area (Å²) in [6, 6.07) is 13.9. The Morgan fingerprint density at radius 3 is 2.57 bits per heavy atom. The average molecular weight is 376 g/mol. The number of carbonyl (C=O) groups excluding carboxylic acids is 2. The number of nitrogens with one attached hydrogen (secondary N) is 1. The molecule has 2 rings (SSSR count). The number of amides is 2. The number of hydrogen-bond donors (Lipinski definition) is 2. The predicted molar refractivity (Wildman–Crippen MR) is 90.3 cm³/mol. The summed E-state index contributed by atoms with van der Waals surface area (Å²) in [5.41, 5.74) is 8.63. The van der Waals surface area contributed by atoms with Gasteiger partial charge in [-0.25, -0.2) is 5.43 Å². The molecule has 0 aromatic heterocycles. The lowest BCUT2D eigenvalue weighted by Gasteiger charge is -2.08. The zero-order valence-electron chi connectivity index (χ0n) is 12.0. The molecule has 3 N–H and O–H groups in total. The van der Waals surface area contributed by atoms with Gasteiger partial charge in [-0.1, -0.05) is 40.2 Å². The Bertz CT molecular complexity index is 730. The SMILES string of the molecule is NC(=O)c1ccccc1OCC(=O)N/N=C/c1ccc(Br)cc1. The molecule has 0 heterocycles. The van der Waals surface area contributed by atoms with Gasteiger partial charge in [0, 0.05) is 4.47 Å². The van der Waals surface area contributed by atoms with Gasteiger partial charge in [0.2, 0.25) is 0 Å². The van der Waals surface area contributed by atoms with Gasteiger partial charge in [-0.05, 0) is 29.8 Å². The molecule has 0 fully saturated rings. The van der Waals surface area contributed by atoms with E-state index in [1.807, 2.05) is 24.3 Å². The summed E-state index contributed by atoms with van der Waals surface area (Å²) in [7, 11) is 0. The quantitative estimate of drug-likeness (QED) is 0.597. The Morgan fingerprint density at radius 2 is 1.87 bits per heavy atom. The number of carbonyl (C=O) groups is 2. The van der Waals surface area contributed by atoms with Gasteiger partial charge >= 0.3 is 0 Å². The van der Waals surface area contributed by atoms with E-state index in [4.69, 9.17) is 10.5 Å². The summed E-state index contributed by atoms with van der Waals surface area (Å²) < 4.78 is 6.24. The minimum absolute atomic E-state index is 0.221. The van der Waals surface area contributed by atoms with Gasteiger partial charge in [-0.3, -0.25) is 9.59 Å². The van der Waals surface area contributed by atoms with E-state index in [-0.39, 0.29) is 17.9 Å². The number of hydrazone groups is 1. The first-order valence-corrected chi connectivity index (χ1v) is 7.44. The number of ether oxygens (including phenoxy) is 1. The molecule has 23 heavy (non-hydrogen) atoms. The van der Waals surface area contributed by atoms with Crippen molar-refractivity contribution in [1.82, 2.24) is 5.43 Å². The fraction of sp³-hybridized carbons (Fsp3) is 0.0625. The second-order valence-electron chi connectivity index (χ2n) is 4.49. The van der Waals surface area contributed by atoms with E-state index in [9.17, 15) is 9.59 Å². The monoisotopic (exact) mass is 375 g/mol. The molecule has 0 aliphatic carbocycles. The van der Waals surface area contributed by atoms with Crippen molar-refractivity contribution in [2.45, 2.75) is 0 Å². The van der Waals surface area contributed by atoms with E-state index in [1.165, 1.54) is 12.3 Å². The van der Waals surface area contributed by atoms with Crippen LogP contribution >= 0.6 is 15.9 Å². The van der Waals surface area contributed by atoms with E-state index >= 15 is 0 Å². The van der Waals surface area contributed by atoms with Crippen LogP contribution in [0.25, 0.3) is 0 Å². The largest absolute Gasteiger partial charge is 0.483 e. The standard InChI is InChI=1S/C16H14BrN3O3/c17-12-7-5-11(6-8-12)9-19-20-15(21)10-23-14-4-2-1-3-13(14)16(18)22/h1-9H,10H2,(H2,18,22)(H,20,21)/b19-9+. The summed E-state index contributed by atoms with van der Waals surface area (Å²) in [4.78, 5) is 22.9. The Hall–Kier alpha value is -2.67. The Labute approximate surface area is 141 Å². The van der Waals surface area contributed by atoms with E-state index in [0.29, 0.717) is 0 Å². The highest BCUT2D eigenvalue weighted by atomic mass is 79.9. The topological polar surface area (TPSA) is 93.8 Å². The van der Waals surface area contributed by atoms with Gasteiger partial charge in [0.1, 0.15) is 5.75 Å². The molecule has 2 aromatic rings. The molecule has 0 aliphatic heterocycles. The van der Waals surface area contributed by atoms with Gasteiger partial charge in [-0.15, -0.1) is 0 Å². The van der Waals surface area contributed by atoms with Crippen LogP contribution in [0.1, 0.15) is 15.9 Å². The zero-order valence-corrected chi connectivity index (χ0v) is 13.6. The maximum absolute atomic E-state index is 11.7.